The highest BCUT2D eigenvalue weighted by molar-refractivity contribution is 7.12. The van der Waals surface area contributed by atoms with Crippen LogP contribution in [0.2, 0.25) is 0 Å². The second-order valence-corrected chi connectivity index (χ2v) is 7.74. The number of piperidine rings is 1. The fourth-order valence-corrected chi connectivity index (χ4v) is 4.01. The van der Waals surface area contributed by atoms with Crippen molar-refractivity contribution in [3.8, 4) is 0 Å². The van der Waals surface area contributed by atoms with Crippen LogP contribution in [0.1, 0.15) is 48.9 Å². The van der Waals surface area contributed by atoms with Gasteiger partial charge in [-0.1, -0.05) is 6.92 Å². The Balaban J connectivity index is 1.89. The molecule has 2 rings (SSSR count). The fourth-order valence-electron chi connectivity index (χ4n) is 3.04. The summed E-state index contributed by atoms with van der Waals surface area (Å²) in [6, 6.07) is 4.45. The van der Waals surface area contributed by atoms with Crippen molar-refractivity contribution in [2.24, 2.45) is 11.8 Å². The number of amides is 1. The summed E-state index contributed by atoms with van der Waals surface area (Å²) in [4.78, 5) is 17.0. The van der Waals surface area contributed by atoms with Gasteiger partial charge in [0, 0.05) is 23.2 Å². The molecule has 1 aliphatic rings. The van der Waals surface area contributed by atoms with Gasteiger partial charge in [-0.05, 0) is 63.7 Å². The first kappa shape index (κ1) is 16.5. The molecule has 0 spiro atoms. The van der Waals surface area contributed by atoms with E-state index in [9.17, 15) is 4.79 Å². The van der Waals surface area contributed by atoms with Crippen molar-refractivity contribution in [1.82, 2.24) is 10.2 Å². The summed E-state index contributed by atoms with van der Waals surface area (Å²) in [6.45, 7) is 8.66. The number of nitrogens with zero attached hydrogens (tertiary/aromatic N) is 1. The SMILES string of the molecule is Cc1ccc(C(C)N(C)C(=O)CC(C)C2CCCNC2)s1. The minimum Gasteiger partial charge on any atom is -0.338 e. The maximum Gasteiger partial charge on any atom is 0.223 e. The summed E-state index contributed by atoms with van der Waals surface area (Å²) in [5.74, 6) is 1.38. The quantitative estimate of drug-likeness (QED) is 0.901. The molecule has 0 aliphatic carbocycles. The molecule has 0 saturated carbocycles. The molecule has 3 atom stereocenters. The lowest BCUT2D eigenvalue weighted by molar-refractivity contribution is -0.133. The van der Waals surface area contributed by atoms with Crippen LogP contribution >= 0.6 is 11.3 Å². The Morgan fingerprint density at radius 1 is 1.48 bits per heavy atom. The Morgan fingerprint density at radius 3 is 2.81 bits per heavy atom. The minimum atomic E-state index is 0.174. The van der Waals surface area contributed by atoms with E-state index in [0.29, 0.717) is 18.3 Å². The highest BCUT2D eigenvalue weighted by Gasteiger charge is 2.25. The van der Waals surface area contributed by atoms with E-state index in [4.69, 9.17) is 0 Å². The summed E-state index contributed by atoms with van der Waals surface area (Å²) in [7, 11) is 1.94. The van der Waals surface area contributed by atoms with Crippen molar-refractivity contribution in [3.63, 3.8) is 0 Å². The van der Waals surface area contributed by atoms with Crippen LogP contribution in [0.15, 0.2) is 12.1 Å². The first-order valence-electron chi connectivity index (χ1n) is 8.01. The molecule has 3 nitrogen and oxygen atoms in total. The van der Waals surface area contributed by atoms with Gasteiger partial charge in [-0.3, -0.25) is 4.79 Å². The molecule has 4 heteroatoms. The summed E-state index contributed by atoms with van der Waals surface area (Å²) < 4.78 is 0. The zero-order chi connectivity index (χ0) is 15.4. The molecule has 21 heavy (non-hydrogen) atoms. The van der Waals surface area contributed by atoms with Gasteiger partial charge in [0.1, 0.15) is 0 Å². The minimum absolute atomic E-state index is 0.174. The molecule has 1 aliphatic heterocycles. The van der Waals surface area contributed by atoms with Crippen LogP contribution in [0.5, 0.6) is 0 Å². The molecule has 2 heterocycles. The monoisotopic (exact) mass is 308 g/mol. The van der Waals surface area contributed by atoms with Crippen LogP contribution in [-0.2, 0) is 4.79 Å². The Morgan fingerprint density at radius 2 is 2.24 bits per heavy atom. The maximum atomic E-state index is 12.5. The van der Waals surface area contributed by atoms with Crippen LogP contribution < -0.4 is 5.32 Å². The number of aryl methyl sites for hydroxylation is 1. The molecule has 3 unspecified atom stereocenters. The molecular formula is C17H28N2OS. The standard InChI is InChI=1S/C17H28N2OS/c1-12(15-6-5-9-18-11-15)10-17(20)19(4)14(3)16-8-7-13(2)21-16/h7-8,12,14-15,18H,5-6,9-11H2,1-4H3. The highest BCUT2D eigenvalue weighted by Crippen LogP contribution is 2.28. The lowest BCUT2D eigenvalue weighted by Crippen LogP contribution is -2.36. The Labute approximate surface area is 132 Å². The average molecular weight is 308 g/mol. The topological polar surface area (TPSA) is 32.3 Å². The maximum absolute atomic E-state index is 12.5. The van der Waals surface area contributed by atoms with Gasteiger partial charge in [-0.15, -0.1) is 11.3 Å². The third-order valence-electron chi connectivity index (χ3n) is 4.78. The predicted molar refractivity (Wildman–Crippen MR) is 89.6 cm³/mol. The molecule has 1 aromatic heterocycles. The summed E-state index contributed by atoms with van der Waals surface area (Å²) in [6.07, 6.45) is 3.16. The van der Waals surface area contributed by atoms with Crippen molar-refractivity contribution < 1.29 is 4.79 Å². The fraction of sp³-hybridized carbons (Fsp3) is 0.706. The van der Waals surface area contributed by atoms with Crippen LogP contribution in [0.25, 0.3) is 0 Å². The molecular weight excluding hydrogens is 280 g/mol. The van der Waals surface area contributed by atoms with Gasteiger partial charge in [0.05, 0.1) is 6.04 Å². The number of nitrogens with one attached hydrogen (secondary N) is 1. The van der Waals surface area contributed by atoms with E-state index in [1.54, 1.807) is 11.3 Å². The van der Waals surface area contributed by atoms with E-state index in [-0.39, 0.29) is 11.9 Å². The van der Waals surface area contributed by atoms with Crippen molar-refractivity contribution in [3.05, 3.63) is 21.9 Å². The van der Waals surface area contributed by atoms with Crippen LogP contribution in [0.3, 0.4) is 0 Å². The van der Waals surface area contributed by atoms with Crippen molar-refractivity contribution in [1.29, 1.82) is 0 Å². The summed E-state index contributed by atoms with van der Waals surface area (Å²) >= 11 is 1.78. The molecule has 1 saturated heterocycles. The Kier molecular flexibility index (Phi) is 5.82. The number of thiophene rings is 1. The van der Waals surface area contributed by atoms with E-state index in [0.717, 1.165) is 13.1 Å². The summed E-state index contributed by atoms with van der Waals surface area (Å²) in [5, 5.41) is 3.45. The lowest BCUT2D eigenvalue weighted by atomic mass is 9.85. The number of rotatable bonds is 5. The Bertz CT molecular complexity index is 465. The molecule has 118 valence electrons. The largest absolute Gasteiger partial charge is 0.338 e. The van der Waals surface area contributed by atoms with Crippen molar-refractivity contribution in [2.75, 3.05) is 20.1 Å². The zero-order valence-corrected chi connectivity index (χ0v) is 14.5. The number of hydrogen-bond donors (Lipinski definition) is 1. The second kappa shape index (κ2) is 7.41. The van der Waals surface area contributed by atoms with Gasteiger partial charge < -0.3 is 10.2 Å². The molecule has 0 bridgehead atoms. The number of carbonyl (C=O) groups excluding carboxylic acids is 1. The molecule has 0 aromatic carbocycles. The first-order valence-corrected chi connectivity index (χ1v) is 8.83. The average Bonchev–Trinajstić information content (AvgIpc) is 2.93. The van der Waals surface area contributed by atoms with Gasteiger partial charge in [0.25, 0.3) is 0 Å². The first-order chi connectivity index (χ1) is 9.99. The van der Waals surface area contributed by atoms with Gasteiger partial charge in [-0.2, -0.15) is 0 Å². The lowest BCUT2D eigenvalue weighted by Gasteiger charge is -2.30. The number of hydrogen-bond acceptors (Lipinski definition) is 3. The van der Waals surface area contributed by atoms with Crippen molar-refractivity contribution >= 4 is 17.2 Å². The van der Waals surface area contributed by atoms with E-state index in [1.165, 1.54) is 22.6 Å². The number of carbonyl (C=O) groups is 1. The second-order valence-electron chi connectivity index (χ2n) is 6.42. The van der Waals surface area contributed by atoms with Crippen molar-refractivity contribution in [2.45, 2.75) is 46.1 Å². The molecule has 1 amide bonds. The van der Waals surface area contributed by atoms with Crippen LogP contribution in [-0.4, -0.2) is 30.9 Å². The molecule has 1 fully saturated rings. The van der Waals surface area contributed by atoms with Crippen LogP contribution in [0.4, 0.5) is 0 Å². The smallest absolute Gasteiger partial charge is 0.223 e. The van der Waals surface area contributed by atoms with Gasteiger partial charge in [0.15, 0.2) is 0 Å². The molecule has 1 N–H and O–H groups in total. The zero-order valence-electron chi connectivity index (χ0n) is 13.7. The van der Waals surface area contributed by atoms with E-state index >= 15 is 0 Å². The van der Waals surface area contributed by atoms with Gasteiger partial charge in [-0.25, -0.2) is 0 Å². The molecule has 0 radical (unpaired) electrons. The predicted octanol–water partition coefficient (Wildman–Crippen LogP) is 3.60. The summed E-state index contributed by atoms with van der Waals surface area (Å²) in [5.41, 5.74) is 0. The third kappa shape index (κ3) is 4.30. The van der Waals surface area contributed by atoms with Gasteiger partial charge in [0.2, 0.25) is 5.91 Å². The van der Waals surface area contributed by atoms with Gasteiger partial charge >= 0.3 is 0 Å². The highest BCUT2D eigenvalue weighted by atomic mass is 32.1. The third-order valence-corrected chi connectivity index (χ3v) is 5.95. The van der Waals surface area contributed by atoms with E-state index in [1.807, 2.05) is 11.9 Å². The van der Waals surface area contributed by atoms with Crippen LogP contribution in [0, 0.1) is 18.8 Å². The van der Waals surface area contributed by atoms with E-state index < -0.39 is 0 Å². The Hall–Kier alpha value is -0.870. The molecule has 1 aromatic rings. The normalized spacial score (nSPS) is 21.8. The van der Waals surface area contributed by atoms with E-state index in [2.05, 4.69) is 38.2 Å².